The van der Waals surface area contributed by atoms with Crippen LogP contribution < -0.4 is 4.90 Å². The fraction of sp³-hybridized carbons (Fsp3) is 0.250. The minimum absolute atomic E-state index is 0.879. The van der Waals surface area contributed by atoms with Crippen LogP contribution in [0.5, 0.6) is 0 Å². The fourth-order valence-corrected chi connectivity index (χ4v) is 2.75. The van der Waals surface area contributed by atoms with Crippen molar-refractivity contribution in [2.24, 2.45) is 0 Å². The van der Waals surface area contributed by atoms with Gasteiger partial charge in [-0.1, -0.05) is 28.1 Å². The van der Waals surface area contributed by atoms with Crippen LogP contribution in [0.4, 0.5) is 5.82 Å². The van der Waals surface area contributed by atoms with Crippen LogP contribution in [0.25, 0.3) is 22.3 Å². The lowest BCUT2D eigenvalue weighted by Gasteiger charge is -2.19. The molecule has 0 saturated carbocycles. The summed E-state index contributed by atoms with van der Waals surface area (Å²) in [6.07, 6.45) is 1.62. The van der Waals surface area contributed by atoms with Crippen LogP contribution in [-0.2, 0) is 0 Å². The summed E-state index contributed by atoms with van der Waals surface area (Å²) in [6.45, 7) is 6.14. The Morgan fingerprint density at radius 3 is 2.48 bits per heavy atom. The SMILES string of the molecule is CCN(CC)c1ncnc2[nH]c(-c3ccc(Br)cc3)cc12. The first-order valence-corrected chi connectivity index (χ1v) is 7.86. The molecule has 0 atom stereocenters. The van der Waals surface area contributed by atoms with Gasteiger partial charge in [0.25, 0.3) is 0 Å². The molecule has 0 fully saturated rings. The van der Waals surface area contributed by atoms with E-state index in [1.54, 1.807) is 6.33 Å². The Hall–Kier alpha value is -1.88. The first kappa shape index (κ1) is 14.1. The maximum Gasteiger partial charge on any atom is 0.143 e. The highest BCUT2D eigenvalue weighted by atomic mass is 79.9. The van der Waals surface area contributed by atoms with Gasteiger partial charge in [0, 0.05) is 23.3 Å². The molecule has 3 rings (SSSR count). The highest BCUT2D eigenvalue weighted by Crippen LogP contribution is 2.29. The first-order chi connectivity index (χ1) is 10.2. The molecule has 5 heteroatoms. The van der Waals surface area contributed by atoms with E-state index in [0.717, 1.165) is 45.7 Å². The molecule has 0 amide bonds. The van der Waals surface area contributed by atoms with Crippen LogP contribution in [0.2, 0.25) is 0 Å². The van der Waals surface area contributed by atoms with Crippen LogP contribution in [0.15, 0.2) is 41.1 Å². The van der Waals surface area contributed by atoms with E-state index < -0.39 is 0 Å². The van der Waals surface area contributed by atoms with Crippen molar-refractivity contribution in [3.63, 3.8) is 0 Å². The number of aromatic amines is 1. The van der Waals surface area contributed by atoms with Crippen LogP contribution >= 0.6 is 15.9 Å². The normalized spacial score (nSPS) is 11.0. The van der Waals surface area contributed by atoms with Gasteiger partial charge in [0.1, 0.15) is 17.8 Å². The molecule has 4 nitrogen and oxygen atoms in total. The number of halogens is 1. The lowest BCUT2D eigenvalue weighted by molar-refractivity contribution is 0.848. The number of rotatable bonds is 4. The number of benzene rings is 1. The van der Waals surface area contributed by atoms with Gasteiger partial charge >= 0.3 is 0 Å². The molecule has 0 aliphatic heterocycles. The van der Waals surface area contributed by atoms with Gasteiger partial charge in [-0.15, -0.1) is 0 Å². The van der Waals surface area contributed by atoms with Crippen LogP contribution in [0.3, 0.4) is 0 Å². The second kappa shape index (κ2) is 5.85. The quantitative estimate of drug-likeness (QED) is 0.770. The zero-order valence-corrected chi connectivity index (χ0v) is 13.7. The molecule has 0 bridgehead atoms. The molecule has 0 radical (unpaired) electrons. The zero-order chi connectivity index (χ0) is 14.8. The summed E-state index contributed by atoms with van der Waals surface area (Å²) in [5.74, 6) is 0.990. The van der Waals surface area contributed by atoms with Gasteiger partial charge in [0.05, 0.1) is 5.39 Å². The first-order valence-electron chi connectivity index (χ1n) is 7.07. The third kappa shape index (κ3) is 2.65. The highest BCUT2D eigenvalue weighted by molar-refractivity contribution is 9.10. The molecule has 2 heterocycles. The molecule has 0 saturated heterocycles. The molecule has 3 aromatic rings. The number of hydrogen-bond acceptors (Lipinski definition) is 3. The minimum Gasteiger partial charge on any atom is -0.357 e. The van der Waals surface area contributed by atoms with Crippen molar-refractivity contribution >= 4 is 32.8 Å². The summed E-state index contributed by atoms with van der Waals surface area (Å²) in [5, 5.41) is 1.07. The summed E-state index contributed by atoms with van der Waals surface area (Å²) in [4.78, 5) is 14.4. The lowest BCUT2D eigenvalue weighted by Crippen LogP contribution is -2.23. The summed E-state index contributed by atoms with van der Waals surface area (Å²) < 4.78 is 1.07. The van der Waals surface area contributed by atoms with E-state index in [1.165, 1.54) is 0 Å². The monoisotopic (exact) mass is 344 g/mol. The summed E-state index contributed by atoms with van der Waals surface area (Å²) in [6, 6.07) is 10.4. The van der Waals surface area contributed by atoms with Gasteiger partial charge in [0.15, 0.2) is 0 Å². The van der Waals surface area contributed by atoms with Gasteiger partial charge in [-0.25, -0.2) is 9.97 Å². The Kier molecular flexibility index (Phi) is 3.92. The Morgan fingerprint density at radius 1 is 1.10 bits per heavy atom. The van der Waals surface area contributed by atoms with Crippen molar-refractivity contribution in [2.45, 2.75) is 13.8 Å². The largest absolute Gasteiger partial charge is 0.357 e. The topological polar surface area (TPSA) is 44.8 Å². The molecule has 0 aliphatic rings. The Bertz CT molecular complexity index is 745. The van der Waals surface area contributed by atoms with Crippen LogP contribution in [0.1, 0.15) is 13.8 Å². The van der Waals surface area contributed by atoms with E-state index in [0.29, 0.717) is 0 Å². The molecular weight excluding hydrogens is 328 g/mol. The van der Waals surface area contributed by atoms with E-state index in [2.05, 4.69) is 67.8 Å². The summed E-state index contributed by atoms with van der Waals surface area (Å²) in [7, 11) is 0. The van der Waals surface area contributed by atoms with Crippen molar-refractivity contribution in [1.82, 2.24) is 15.0 Å². The lowest BCUT2D eigenvalue weighted by atomic mass is 10.1. The number of H-pyrrole nitrogens is 1. The number of nitrogens with zero attached hydrogens (tertiary/aromatic N) is 3. The molecule has 2 aromatic heterocycles. The van der Waals surface area contributed by atoms with Crippen molar-refractivity contribution in [3.8, 4) is 11.3 Å². The predicted octanol–water partition coefficient (Wildman–Crippen LogP) is 4.23. The molecule has 0 spiro atoms. The van der Waals surface area contributed by atoms with Crippen molar-refractivity contribution < 1.29 is 0 Å². The van der Waals surface area contributed by atoms with E-state index in [9.17, 15) is 0 Å². The van der Waals surface area contributed by atoms with Crippen LogP contribution in [0, 0.1) is 0 Å². The number of anilines is 1. The Labute approximate surface area is 132 Å². The molecule has 1 aromatic carbocycles. The molecule has 0 aliphatic carbocycles. The third-order valence-electron chi connectivity index (χ3n) is 3.62. The molecule has 0 unspecified atom stereocenters. The smallest absolute Gasteiger partial charge is 0.143 e. The van der Waals surface area contributed by atoms with Crippen molar-refractivity contribution in [1.29, 1.82) is 0 Å². The predicted molar refractivity (Wildman–Crippen MR) is 90.6 cm³/mol. The molecule has 21 heavy (non-hydrogen) atoms. The number of nitrogens with one attached hydrogen (secondary N) is 1. The molecular formula is C16H17BrN4. The maximum absolute atomic E-state index is 4.46. The second-order valence-electron chi connectivity index (χ2n) is 4.82. The second-order valence-corrected chi connectivity index (χ2v) is 5.74. The number of aromatic nitrogens is 3. The summed E-state index contributed by atoms with van der Waals surface area (Å²) in [5.41, 5.74) is 3.08. The van der Waals surface area contributed by atoms with Gasteiger partial charge in [-0.05, 0) is 37.6 Å². The van der Waals surface area contributed by atoms with E-state index in [4.69, 9.17) is 0 Å². The van der Waals surface area contributed by atoms with Gasteiger partial charge in [-0.2, -0.15) is 0 Å². The van der Waals surface area contributed by atoms with Gasteiger partial charge in [-0.3, -0.25) is 0 Å². The standard InChI is InChI=1S/C16H17BrN4/c1-3-21(4-2)16-13-9-14(20-15(13)18-10-19-16)11-5-7-12(17)8-6-11/h5-10H,3-4H2,1-2H3,(H,18,19,20). The highest BCUT2D eigenvalue weighted by Gasteiger charge is 2.12. The minimum atomic E-state index is 0.879. The molecule has 108 valence electrons. The number of fused-ring (bicyclic) bond motifs is 1. The summed E-state index contributed by atoms with van der Waals surface area (Å²) >= 11 is 3.46. The average Bonchev–Trinajstić information content (AvgIpc) is 2.94. The Balaban J connectivity index is 2.11. The van der Waals surface area contributed by atoms with Crippen molar-refractivity contribution in [3.05, 3.63) is 41.1 Å². The number of hydrogen-bond donors (Lipinski definition) is 1. The average molecular weight is 345 g/mol. The fourth-order valence-electron chi connectivity index (χ4n) is 2.49. The molecule has 1 N–H and O–H groups in total. The zero-order valence-electron chi connectivity index (χ0n) is 12.1. The van der Waals surface area contributed by atoms with E-state index >= 15 is 0 Å². The van der Waals surface area contributed by atoms with E-state index in [-0.39, 0.29) is 0 Å². The Morgan fingerprint density at radius 2 is 1.81 bits per heavy atom. The van der Waals surface area contributed by atoms with Crippen LogP contribution in [-0.4, -0.2) is 28.0 Å². The van der Waals surface area contributed by atoms with E-state index in [1.807, 2.05) is 12.1 Å². The van der Waals surface area contributed by atoms with Crippen molar-refractivity contribution in [2.75, 3.05) is 18.0 Å². The van der Waals surface area contributed by atoms with Gasteiger partial charge in [0.2, 0.25) is 0 Å². The maximum atomic E-state index is 4.46. The third-order valence-corrected chi connectivity index (χ3v) is 4.15. The van der Waals surface area contributed by atoms with Gasteiger partial charge < -0.3 is 9.88 Å².